The number of sulfonamides is 1. The molecule has 29 heavy (non-hydrogen) atoms. The Morgan fingerprint density at radius 3 is 2.24 bits per heavy atom. The van der Waals surface area contributed by atoms with E-state index in [0.29, 0.717) is 22.6 Å². The summed E-state index contributed by atoms with van der Waals surface area (Å²) in [6.07, 6.45) is 0. The Morgan fingerprint density at radius 2 is 1.72 bits per heavy atom. The molecular formula is C20H24N2O6S. The Balaban J connectivity index is 2.12. The topological polar surface area (TPSA) is 102 Å². The number of rotatable bonds is 8. The van der Waals surface area contributed by atoms with Gasteiger partial charge in [-0.3, -0.25) is 4.79 Å². The van der Waals surface area contributed by atoms with E-state index in [1.165, 1.54) is 38.5 Å². The first-order valence-corrected chi connectivity index (χ1v) is 10.3. The number of nitrogens with one attached hydrogen (secondary N) is 1. The maximum absolute atomic E-state index is 12.9. The second-order valence-electron chi connectivity index (χ2n) is 6.18. The number of esters is 1. The smallest absolute Gasteiger partial charge is 0.337 e. The van der Waals surface area contributed by atoms with E-state index in [9.17, 15) is 18.0 Å². The standard InChI is InChI=1S/C20H24N2O6S/c1-5-22(29(25,26)17-10-11-18(27-3)14(2)12-17)13-19(23)21-16-8-6-15(7-9-16)20(24)28-4/h6-12H,5,13H2,1-4H3,(H,21,23). The number of likely N-dealkylation sites (N-methyl/N-ethyl adjacent to an activating group) is 1. The number of methoxy groups -OCH3 is 2. The molecule has 0 aliphatic heterocycles. The summed E-state index contributed by atoms with van der Waals surface area (Å²) in [6.45, 7) is 3.19. The molecule has 0 bridgehead atoms. The lowest BCUT2D eigenvalue weighted by Gasteiger charge is -2.20. The van der Waals surface area contributed by atoms with E-state index in [-0.39, 0.29) is 18.0 Å². The van der Waals surface area contributed by atoms with Crippen LogP contribution in [0.2, 0.25) is 0 Å². The van der Waals surface area contributed by atoms with Crippen LogP contribution in [0.25, 0.3) is 0 Å². The zero-order valence-electron chi connectivity index (χ0n) is 16.8. The van der Waals surface area contributed by atoms with Gasteiger partial charge in [-0.25, -0.2) is 13.2 Å². The number of ether oxygens (including phenoxy) is 2. The zero-order valence-corrected chi connectivity index (χ0v) is 17.6. The van der Waals surface area contributed by atoms with Crippen LogP contribution in [0.4, 0.5) is 5.69 Å². The first-order chi connectivity index (χ1) is 13.7. The molecule has 9 heteroatoms. The molecule has 0 saturated heterocycles. The minimum Gasteiger partial charge on any atom is -0.496 e. The van der Waals surface area contributed by atoms with Crippen LogP contribution in [0, 0.1) is 6.92 Å². The number of benzene rings is 2. The molecule has 2 aromatic carbocycles. The van der Waals surface area contributed by atoms with Crippen molar-refractivity contribution in [3.63, 3.8) is 0 Å². The highest BCUT2D eigenvalue weighted by Gasteiger charge is 2.26. The van der Waals surface area contributed by atoms with Crippen LogP contribution in [-0.2, 0) is 19.6 Å². The first kappa shape index (κ1) is 22.4. The highest BCUT2D eigenvalue weighted by atomic mass is 32.2. The van der Waals surface area contributed by atoms with Gasteiger partial charge in [-0.1, -0.05) is 6.92 Å². The maximum Gasteiger partial charge on any atom is 0.337 e. The van der Waals surface area contributed by atoms with Gasteiger partial charge in [0.25, 0.3) is 0 Å². The number of carbonyl (C=O) groups is 2. The predicted octanol–water partition coefficient (Wildman–Crippen LogP) is 2.44. The monoisotopic (exact) mass is 420 g/mol. The highest BCUT2D eigenvalue weighted by Crippen LogP contribution is 2.23. The molecule has 1 amide bonds. The highest BCUT2D eigenvalue weighted by molar-refractivity contribution is 7.89. The van der Waals surface area contributed by atoms with Crippen LogP contribution in [0.15, 0.2) is 47.4 Å². The molecule has 0 unspecified atom stereocenters. The number of carbonyl (C=O) groups excluding carboxylic acids is 2. The fraction of sp³-hybridized carbons (Fsp3) is 0.300. The van der Waals surface area contributed by atoms with Crippen LogP contribution in [-0.4, -0.2) is 51.9 Å². The lowest BCUT2D eigenvalue weighted by Crippen LogP contribution is -2.37. The molecule has 0 aliphatic carbocycles. The van der Waals surface area contributed by atoms with Crippen molar-refractivity contribution in [2.24, 2.45) is 0 Å². The lowest BCUT2D eigenvalue weighted by molar-refractivity contribution is -0.116. The molecule has 156 valence electrons. The minimum absolute atomic E-state index is 0.0906. The minimum atomic E-state index is -3.85. The molecule has 0 fully saturated rings. The molecule has 0 radical (unpaired) electrons. The van der Waals surface area contributed by atoms with E-state index in [2.05, 4.69) is 10.1 Å². The summed E-state index contributed by atoms with van der Waals surface area (Å²) in [5, 5.41) is 2.63. The summed E-state index contributed by atoms with van der Waals surface area (Å²) in [6, 6.07) is 10.7. The molecule has 2 rings (SSSR count). The van der Waals surface area contributed by atoms with Crippen LogP contribution >= 0.6 is 0 Å². The molecular weight excluding hydrogens is 396 g/mol. The van der Waals surface area contributed by atoms with Crippen molar-refractivity contribution >= 4 is 27.6 Å². The van der Waals surface area contributed by atoms with Gasteiger partial charge in [-0.15, -0.1) is 0 Å². The van der Waals surface area contributed by atoms with E-state index >= 15 is 0 Å². The van der Waals surface area contributed by atoms with Crippen LogP contribution in [0.1, 0.15) is 22.8 Å². The SMILES string of the molecule is CCN(CC(=O)Nc1ccc(C(=O)OC)cc1)S(=O)(=O)c1ccc(OC)c(C)c1. The van der Waals surface area contributed by atoms with Crippen LogP contribution in [0.3, 0.4) is 0 Å². The number of aryl methyl sites for hydroxylation is 1. The van der Waals surface area contributed by atoms with E-state index in [1.54, 1.807) is 32.0 Å². The third kappa shape index (κ3) is 5.33. The second-order valence-corrected chi connectivity index (χ2v) is 8.12. The molecule has 2 aromatic rings. The zero-order chi connectivity index (χ0) is 21.6. The van der Waals surface area contributed by atoms with Crippen molar-refractivity contribution in [1.82, 2.24) is 4.31 Å². The van der Waals surface area contributed by atoms with Gasteiger partial charge in [0, 0.05) is 12.2 Å². The maximum atomic E-state index is 12.9. The Kier molecular flexibility index (Phi) is 7.35. The Labute approximate surface area is 170 Å². The van der Waals surface area contributed by atoms with E-state index < -0.39 is 21.9 Å². The second kappa shape index (κ2) is 9.53. The molecule has 0 aliphatic rings. The van der Waals surface area contributed by atoms with Crippen molar-refractivity contribution in [3.05, 3.63) is 53.6 Å². The third-order valence-electron chi connectivity index (χ3n) is 4.27. The fourth-order valence-corrected chi connectivity index (χ4v) is 4.19. The van der Waals surface area contributed by atoms with Crippen LogP contribution in [0.5, 0.6) is 5.75 Å². The van der Waals surface area contributed by atoms with Gasteiger partial charge in [0.2, 0.25) is 15.9 Å². The van der Waals surface area contributed by atoms with Gasteiger partial charge >= 0.3 is 5.97 Å². The van der Waals surface area contributed by atoms with Gasteiger partial charge < -0.3 is 14.8 Å². The summed E-state index contributed by atoms with van der Waals surface area (Å²) in [5.41, 5.74) is 1.47. The van der Waals surface area contributed by atoms with Gasteiger partial charge in [0.15, 0.2) is 0 Å². The van der Waals surface area contributed by atoms with Crippen molar-refractivity contribution in [2.45, 2.75) is 18.7 Å². The van der Waals surface area contributed by atoms with Gasteiger partial charge in [-0.2, -0.15) is 4.31 Å². The summed E-state index contributed by atoms with van der Waals surface area (Å²) in [4.78, 5) is 23.9. The molecule has 0 heterocycles. The van der Waals surface area contributed by atoms with Crippen LogP contribution < -0.4 is 10.1 Å². The molecule has 0 aromatic heterocycles. The Morgan fingerprint density at radius 1 is 1.07 bits per heavy atom. The molecule has 0 atom stereocenters. The molecule has 8 nitrogen and oxygen atoms in total. The van der Waals surface area contributed by atoms with E-state index in [0.717, 1.165) is 4.31 Å². The van der Waals surface area contributed by atoms with Gasteiger partial charge in [0.05, 0.1) is 31.2 Å². The van der Waals surface area contributed by atoms with E-state index in [1.807, 2.05) is 0 Å². The third-order valence-corrected chi connectivity index (χ3v) is 6.18. The summed E-state index contributed by atoms with van der Waals surface area (Å²) in [5.74, 6) is -0.396. The molecule has 0 spiro atoms. The average Bonchev–Trinajstić information content (AvgIpc) is 2.71. The number of hydrogen-bond acceptors (Lipinski definition) is 6. The largest absolute Gasteiger partial charge is 0.496 e. The van der Waals surface area contributed by atoms with Crippen molar-refractivity contribution in [2.75, 3.05) is 32.6 Å². The van der Waals surface area contributed by atoms with Crippen molar-refractivity contribution in [3.8, 4) is 5.75 Å². The molecule has 0 saturated carbocycles. The van der Waals surface area contributed by atoms with Gasteiger partial charge in [0.1, 0.15) is 5.75 Å². The van der Waals surface area contributed by atoms with Crippen molar-refractivity contribution in [1.29, 1.82) is 0 Å². The Bertz CT molecular complexity index is 987. The number of hydrogen-bond donors (Lipinski definition) is 1. The number of amides is 1. The lowest BCUT2D eigenvalue weighted by atomic mass is 10.2. The van der Waals surface area contributed by atoms with Gasteiger partial charge in [-0.05, 0) is 55.0 Å². The molecule has 1 N–H and O–H groups in total. The van der Waals surface area contributed by atoms with E-state index in [4.69, 9.17) is 4.74 Å². The summed E-state index contributed by atoms with van der Waals surface area (Å²) in [7, 11) is -1.06. The Hall–Kier alpha value is -2.91. The number of anilines is 1. The fourth-order valence-electron chi connectivity index (χ4n) is 2.70. The predicted molar refractivity (Wildman–Crippen MR) is 109 cm³/mol. The first-order valence-electron chi connectivity index (χ1n) is 8.86. The quantitative estimate of drug-likeness (QED) is 0.658. The van der Waals surface area contributed by atoms with Crippen molar-refractivity contribution < 1.29 is 27.5 Å². The number of nitrogens with zero attached hydrogens (tertiary/aromatic N) is 1. The normalized spacial score (nSPS) is 11.2. The average molecular weight is 420 g/mol. The summed E-state index contributed by atoms with van der Waals surface area (Å²) < 4.78 is 36.7. The summed E-state index contributed by atoms with van der Waals surface area (Å²) >= 11 is 0.